The Hall–Kier alpha value is -3.00. The minimum atomic E-state index is -0.109. The standard InChI is InChI=1S/C18H20N6O2/c1-23-11-16(25)22-14-7-13(9-21-17(14)23)18(26)24-6-5-20-10-15(24)12-3-2-4-19-8-12/h2-4,7-9,15,20H,5-6,10-11H2,1H3,(H,22,25). The first kappa shape index (κ1) is 16.5. The van der Waals surface area contributed by atoms with Gasteiger partial charge in [0.1, 0.15) is 0 Å². The fraction of sp³-hybridized carbons (Fsp3) is 0.333. The minimum Gasteiger partial charge on any atom is -0.349 e. The van der Waals surface area contributed by atoms with E-state index in [9.17, 15) is 9.59 Å². The summed E-state index contributed by atoms with van der Waals surface area (Å²) in [5.41, 5.74) is 2.03. The minimum absolute atomic E-state index is 0.0850. The van der Waals surface area contributed by atoms with Crippen molar-refractivity contribution >= 4 is 23.3 Å². The third-order valence-corrected chi connectivity index (χ3v) is 4.70. The predicted molar refractivity (Wildman–Crippen MR) is 97.0 cm³/mol. The Balaban J connectivity index is 1.64. The second-order valence-corrected chi connectivity index (χ2v) is 6.50. The largest absolute Gasteiger partial charge is 0.349 e. The fourth-order valence-electron chi connectivity index (χ4n) is 3.43. The smallest absolute Gasteiger partial charge is 0.256 e. The summed E-state index contributed by atoms with van der Waals surface area (Å²) < 4.78 is 0. The molecule has 2 aliphatic heterocycles. The molecule has 26 heavy (non-hydrogen) atoms. The zero-order valence-electron chi connectivity index (χ0n) is 14.5. The van der Waals surface area contributed by atoms with Gasteiger partial charge in [0.2, 0.25) is 5.91 Å². The van der Waals surface area contributed by atoms with E-state index in [1.807, 2.05) is 17.0 Å². The Kier molecular flexibility index (Phi) is 4.26. The average molecular weight is 352 g/mol. The van der Waals surface area contributed by atoms with Crippen molar-refractivity contribution in [3.8, 4) is 0 Å². The topological polar surface area (TPSA) is 90.5 Å². The van der Waals surface area contributed by atoms with Gasteiger partial charge in [-0.2, -0.15) is 0 Å². The first-order valence-electron chi connectivity index (χ1n) is 8.56. The van der Waals surface area contributed by atoms with E-state index < -0.39 is 0 Å². The number of likely N-dealkylation sites (N-methyl/N-ethyl adjacent to an activating group) is 1. The van der Waals surface area contributed by atoms with Crippen molar-refractivity contribution in [1.82, 2.24) is 20.2 Å². The maximum absolute atomic E-state index is 13.1. The number of amides is 2. The molecule has 0 aromatic carbocycles. The Morgan fingerprint density at radius 3 is 3.04 bits per heavy atom. The van der Waals surface area contributed by atoms with Gasteiger partial charge in [0.25, 0.3) is 5.91 Å². The van der Waals surface area contributed by atoms with Gasteiger partial charge in [-0.1, -0.05) is 6.07 Å². The van der Waals surface area contributed by atoms with E-state index in [0.717, 1.165) is 12.1 Å². The molecule has 0 saturated carbocycles. The molecule has 0 spiro atoms. The summed E-state index contributed by atoms with van der Waals surface area (Å²) in [5.74, 6) is 0.463. The number of pyridine rings is 2. The van der Waals surface area contributed by atoms with Crippen molar-refractivity contribution < 1.29 is 9.59 Å². The molecule has 8 nitrogen and oxygen atoms in total. The SMILES string of the molecule is CN1CC(=O)Nc2cc(C(=O)N3CCNCC3c3cccnc3)cnc21. The molecular weight excluding hydrogens is 332 g/mol. The van der Waals surface area contributed by atoms with Gasteiger partial charge < -0.3 is 20.4 Å². The van der Waals surface area contributed by atoms with Crippen LogP contribution in [0, 0.1) is 0 Å². The molecule has 2 aliphatic rings. The first-order valence-corrected chi connectivity index (χ1v) is 8.56. The van der Waals surface area contributed by atoms with E-state index in [1.54, 1.807) is 36.6 Å². The highest BCUT2D eigenvalue weighted by atomic mass is 16.2. The highest BCUT2D eigenvalue weighted by Crippen LogP contribution is 2.29. The van der Waals surface area contributed by atoms with Gasteiger partial charge >= 0.3 is 0 Å². The van der Waals surface area contributed by atoms with Crippen LogP contribution in [0.15, 0.2) is 36.8 Å². The van der Waals surface area contributed by atoms with Gasteiger partial charge in [0.05, 0.1) is 23.8 Å². The number of piperazine rings is 1. The van der Waals surface area contributed by atoms with Gasteiger partial charge in [0.15, 0.2) is 5.82 Å². The molecule has 4 heterocycles. The van der Waals surface area contributed by atoms with Crippen molar-refractivity contribution in [2.75, 3.05) is 43.4 Å². The van der Waals surface area contributed by atoms with Crippen LogP contribution < -0.4 is 15.5 Å². The molecule has 0 bridgehead atoms. The maximum Gasteiger partial charge on any atom is 0.256 e. The molecule has 1 atom stereocenters. The van der Waals surface area contributed by atoms with Crippen molar-refractivity contribution in [2.45, 2.75) is 6.04 Å². The van der Waals surface area contributed by atoms with Gasteiger partial charge in [-0.05, 0) is 17.7 Å². The number of hydrogen-bond donors (Lipinski definition) is 2. The van der Waals surface area contributed by atoms with Gasteiger partial charge in [0, 0.05) is 45.3 Å². The molecular formula is C18H20N6O2. The lowest BCUT2D eigenvalue weighted by Crippen LogP contribution is -2.48. The highest BCUT2D eigenvalue weighted by molar-refractivity contribution is 6.02. The molecule has 0 aliphatic carbocycles. The van der Waals surface area contributed by atoms with Crippen LogP contribution in [0.25, 0.3) is 0 Å². The molecule has 1 unspecified atom stereocenters. The second kappa shape index (κ2) is 6.72. The summed E-state index contributed by atoms with van der Waals surface area (Å²) in [7, 11) is 1.81. The van der Waals surface area contributed by atoms with Crippen LogP contribution in [-0.4, -0.2) is 59.9 Å². The van der Waals surface area contributed by atoms with Gasteiger partial charge in [-0.25, -0.2) is 4.98 Å². The zero-order valence-corrected chi connectivity index (χ0v) is 14.5. The number of carbonyl (C=O) groups is 2. The van der Waals surface area contributed by atoms with Crippen LogP contribution in [0.3, 0.4) is 0 Å². The lowest BCUT2D eigenvalue weighted by Gasteiger charge is -2.36. The van der Waals surface area contributed by atoms with Gasteiger partial charge in [-0.15, -0.1) is 0 Å². The third-order valence-electron chi connectivity index (χ3n) is 4.70. The summed E-state index contributed by atoms with van der Waals surface area (Å²) in [5, 5.41) is 6.13. The van der Waals surface area contributed by atoms with E-state index in [-0.39, 0.29) is 24.4 Å². The van der Waals surface area contributed by atoms with Crippen LogP contribution in [0.5, 0.6) is 0 Å². The van der Waals surface area contributed by atoms with Gasteiger partial charge in [-0.3, -0.25) is 14.6 Å². The number of hydrogen-bond acceptors (Lipinski definition) is 6. The number of anilines is 2. The predicted octanol–water partition coefficient (Wildman–Crippen LogP) is 0.652. The molecule has 134 valence electrons. The van der Waals surface area contributed by atoms with E-state index in [0.29, 0.717) is 30.2 Å². The maximum atomic E-state index is 13.1. The number of nitrogens with one attached hydrogen (secondary N) is 2. The average Bonchev–Trinajstić information content (AvgIpc) is 2.67. The van der Waals surface area contributed by atoms with E-state index in [2.05, 4.69) is 20.6 Å². The molecule has 1 fully saturated rings. The Morgan fingerprint density at radius 2 is 2.23 bits per heavy atom. The number of fused-ring (bicyclic) bond motifs is 1. The summed E-state index contributed by atoms with van der Waals surface area (Å²) in [4.78, 5) is 37.1. The monoisotopic (exact) mass is 352 g/mol. The van der Waals surface area contributed by atoms with Crippen LogP contribution in [0.1, 0.15) is 22.0 Å². The zero-order chi connectivity index (χ0) is 18.1. The molecule has 1 saturated heterocycles. The summed E-state index contributed by atoms with van der Waals surface area (Å²) in [6, 6.07) is 5.47. The highest BCUT2D eigenvalue weighted by Gasteiger charge is 2.30. The Bertz CT molecular complexity index is 841. The fourth-order valence-corrected chi connectivity index (χ4v) is 3.43. The Morgan fingerprint density at radius 1 is 1.35 bits per heavy atom. The molecule has 8 heteroatoms. The van der Waals surface area contributed by atoms with Crippen molar-refractivity contribution in [2.24, 2.45) is 0 Å². The van der Waals surface area contributed by atoms with Crippen molar-refractivity contribution in [1.29, 1.82) is 0 Å². The molecule has 2 amide bonds. The van der Waals surface area contributed by atoms with Crippen LogP contribution in [0.4, 0.5) is 11.5 Å². The molecule has 2 aromatic rings. The number of rotatable bonds is 2. The number of nitrogens with zero attached hydrogens (tertiary/aromatic N) is 4. The second-order valence-electron chi connectivity index (χ2n) is 6.50. The number of carbonyl (C=O) groups excluding carboxylic acids is 2. The molecule has 0 radical (unpaired) electrons. The van der Waals surface area contributed by atoms with Crippen LogP contribution in [-0.2, 0) is 4.79 Å². The first-order chi connectivity index (χ1) is 12.6. The molecule has 2 N–H and O–H groups in total. The quantitative estimate of drug-likeness (QED) is 0.825. The van der Waals surface area contributed by atoms with E-state index >= 15 is 0 Å². The van der Waals surface area contributed by atoms with Crippen molar-refractivity contribution in [3.63, 3.8) is 0 Å². The lowest BCUT2D eigenvalue weighted by molar-refractivity contribution is -0.115. The van der Waals surface area contributed by atoms with Crippen molar-refractivity contribution in [3.05, 3.63) is 47.9 Å². The molecule has 4 rings (SSSR count). The summed E-state index contributed by atoms with van der Waals surface area (Å²) >= 11 is 0. The van der Waals surface area contributed by atoms with Crippen LogP contribution in [0.2, 0.25) is 0 Å². The van der Waals surface area contributed by atoms with E-state index in [1.165, 1.54) is 0 Å². The summed E-state index contributed by atoms with van der Waals surface area (Å²) in [6.45, 7) is 2.27. The summed E-state index contributed by atoms with van der Waals surface area (Å²) in [6.07, 6.45) is 5.09. The third kappa shape index (κ3) is 2.99. The lowest BCUT2D eigenvalue weighted by atomic mass is 10.0. The Labute approximate surface area is 151 Å². The van der Waals surface area contributed by atoms with Crippen LogP contribution >= 0.6 is 0 Å². The normalized spacial score (nSPS) is 19.7. The number of aromatic nitrogens is 2. The van der Waals surface area contributed by atoms with E-state index in [4.69, 9.17) is 0 Å². The molecule has 2 aromatic heterocycles.